The van der Waals surface area contributed by atoms with Crippen molar-refractivity contribution >= 4 is 12.1 Å². The van der Waals surface area contributed by atoms with Crippen LogP contribution in [-0.4, -0.2) is 29.2 Å². The predicted octanol–water partition coefficient (Wildman–Crippen LogP) is 2.35. The first kappa shape index (κ1) is 12.9. The van der Waals surface area contributed by atoms with Crippen molar-refractivity contribution in [1.29, 1.82) is 0 Å². The Kier molecular flexibility index (Phi) is 3.81. The molecule has 1 unspecified atom stereocenters. The number of aromatic nitrogens is 2. The van der Waals surface area contributed by atoms with Crippen LogP contribution in [0.15, 0.2) is 42.6 Å². The molecule has 0 radical (unpaired) electrons. The number of rotatable bonds is 4. The van der Waals surface area contributed by atoms with Gasteiger partial charge in [0.1, 0.15) is 6.29 Å². The van der Waals surface area contributed by atoms with Crippen LogP contribution in [0.5, 0.6) is 0 Å². The van der Waals surface area contributed by atoms with Crippen molar-refractivity contribution in [2.45, 2.75) is 19.4 Å². The highest BCUT2D eigenvalue weighted by Crippen LogP contribution is 2.20. The monoisotopic (exact) mass is 269 g/mol. The molecule has 1 fully saturated rings. The van der Waals surface area contributed by atoms with Crippen LogP contribution in [0.3, 0.4) is 0 Å². The zero-order valence-electron chi connectivity index (χ0n) is 11.5. The Morgan fingerprint density at radius 1 is 1.25 bits per heavy atom. The molecule has 2 heterocycles. The first-order valence-electron chi connectivity index (χ1n) is 7.13. The highest BCUT2D eigenvalue weighted by Gasteiger charge is 2.20. The quantitative estimate of drug-likeness (QED) is 0.800. The fraction of sp³-hybridized carbons (Fsp3) is 0.375. The molecular formula is C16H19N3O. The molecule has 1 saturated heterocycles. The average Bonchev–Trinajstić information content (AvgIpc) is 2.97. The van der Waals surface area contributed by atoms with E-state index < -0.39 is 0 Å². The van der Waals surface area contributed by atoms with Crippen LogP contribution in [-0.2, 0) is 11.3 Å². The Balaban J connectivity index is 1.69. The third-order valence-electron chi connectivity index (χ3n) is 3.79. The summed E-state index contributed by atoms with van der Waals surface area (Å²) in [6.07, 6.45) is 5.15. The summed E-state index contributed by atoms with van der Waals surface area (Å²) in [6.45, 7) is 2.57. The van der Waals surface area contributed by atoms with Crippen LogP contribution in [0.2, 0.25) is 0 Å². The van der Waals surface area contributed by atoms with Crippen LogP contribution in [0.1, 0.15) is 18.4 Å². The van der Waals surface area contributed by atoms with Crippen molar-refractivity contribution in [3.8, 4) is 0 Å². The molecule has 0 spiro atoms. The summed E-state index contributed by atoms with van der Waals surface area (Å²) in [6, 6.07) is 12.3. The van der Waals surface area contributed by atoms with E-state index in [1.165, 1.54) is 5.56 Å². The van der Waals surface area contributed by atoms with Crippen LogP contribution in [0.25, 0.3) is 0 Å². The van der Waals surface area contributed by atoms with E-state index in [0.29, 0.717) is 0 Å². The second-order valence-electron chi connectivity index (χ2n) is 5.34. The Morgan fingerprint density at radius 3 is 2.90 bits per heavy atom. The molecular weight excluding hydrogens is 250 g/mol. The van der Waals surface area contributed by atoms with Crippen molar-refractivity contribution in [2.24, 2.45) is 5.92 Å². The minimum absolute atomic E-state index is 0.156. The van der Waals surface area contributed by atoms with E-state index in [1.54, 1.807) is 0 Å². The zero-order chi connectivity index (χ0) is 13.8. The fourth-order valence-electron chi connectivity index (χ4n) is 2.71. The summed E-state index contributed by atoms with van der Waals surface area (Å²) in [7, 11) is 0. The average molecular weight is 269 g/mol. The second kappa shape index (κ2) is 5.90. The smallest absolute Gasteiger partial charge is 0.150 e. The maximum absolute atomic E-state index is 10.9. The number of hydrogen-bond donors (Lipinski definition) is 0. The topological polar surface area (TPSA) is 38.1 Å². The number of carbonyl (C=O) groups excluding carboxylic acids is 1. The van der Waals surface area contributed by atoms with Crippen molar-refractivity contribution in [3.63, 3.8) is 0 Å². The van der Waals surface area contributed by atoms with E-state index in [0.717, 1.165) is 44.6 Å². The molecule has 0 saturated carbocycles. The molecule has 1 aliphatic heterocycles. The Labute approximate surface area is 119 Å². The molecule has 1 atom stereocenters. The number of benzene rings is 1. The lowest BCUT2D eigenvalue weighted by molar-refractivity contribution is -0.111. The predicted molar refractivity (Wildman–Crippen MR) is 78.8 cm³/mol. The maximum Gasteiger partial charge on any atom is 0.150 e. The molecule has 1 aliphatic rings. The van der Waals surface area contributed by atoms with Crippen molar-refractivity contribution < 1.29 is 4.79 Å². The first-order chi connectivity index (χ1) is 9.85. The van der Waals surface area contributed by atoms with E-state index >= 15 is 0 Å². The van der Waals surface area contributed by atoms with Gasteiger partial charge in [0.25, 0.3) is 0 Å². The lowest BCUT2D eigenvalue weighted by Crippen LogP contribution is -2.36. The molecule has 0 N–H and O–H groups in total. The molecule has 0 aliphatic carbocycles. The number of anilines is 1. The minimum Gasteiger partial charge on any atom is -0.354 e. The van der Waals surface area contributed by atoms with Gasteiger partial charge in [-0.1, -0.05) is 30.3 Å². The van der Waals surface area contributed by atoms with E-state index in [-0.39, 0.29) is 5.92 Å². The summed E-state index contributed by atoms with van der Waals surface area (Å²) in [5, 5.41) is 4.62. The summed E-state index contributed by atoms with van der Waals surface area (Å²) in [5.74, 6) is 1.13. The SMILES string of the molecule is O=CC1CCCN(c2ccn(Cc3ccccc3)n2)C1. The number of aldehydes is 1. The van der Waals surface area contributed by atoms with Gasteiger partial charge in [0.2, 0.25) is 0 Å². The number of carbonyl (C=O) groups is 1. The van der Waals surface area contributed by atoms with Gasteiger partial charge in [-0.3, -0.25) is 4.68 Å². The third-order valence-corrected chi connectivity index (χ3v) is 3.79. The largest absolute Gasteiger partial charge is 0.354 e. The highest BCUT2D eigenvalue weighted by molar-refractivity contribution is 5.56. The van der Waals surface area contributed by atoms with Crippen molar-refractivity contribution in [3.05, 3.63) is 48.2 Å². The molecule has 0 amide bonds. The fourth-order valence-corrected chi connectivity index (χ4v) is 2.71. The molecule has 4 nitrogen and oxygen atoms in total. The zero-order valence-corrected chi connectivity index (χ0v) is 11.5. The van der Waals surface area contributed by atoms with Gasteiger partial charge < -0.3 is 9.69 Å². The lowest BCUT2D eigenvalue weighted by atomic mass is 10.00. The summed E-state index contributed by atoms with van der Waals surface area (Å²) in [4.78, 5) is 13.1. The molecule has 1 aromatic carbocycles. The van der Waals surface area contributed by atoms with Gasteiger partial charge in [-0.25, -0.2) is 0 Å². The van der Waals surface area contributed by atoms with Gasteiger partial charge >= 0.3 is 0 Å². The van der Waals surface area contributed by atoms with Gasteiger partial charge in [0.15, 0.2) is 5.82 Å². The van der Waals surface area contributed by atoms with Gasteiger partial charge in [0, 0.05) is 31.3 Å². The van der Waals surface area contributed by atoms with Crippen LogP contribution >= 0.6 is 0 Å². The lowest BCUT2D eigenvalue weighted by Gasteiger charge is -2.30. The maximum atomic E-state index is 10.9. The Bertz CT molecular complexity index is 564. The van der Waals surface area contributed by atoms with Gasteiger partial charge in [-0.05, 0) is 18.4 Å². The molecule has 2 aromatic rings. The van der Waals surface area contributed by atoms with Crippen molar-refractivity contribution in [2.75, 3.05) is 18.0 Å². The molecule has 1 aromatic heterocycles. The van der Waals surface area contributed by atoms with Crippen molar-refractivity contribution in [1.82, 2.24) is 9.78 Å². The van der Waals surface area contributed by atoms with Crippen LogP contribution in [0, 0.1) is 5.92 Å². The second-order valence-corrected chi connectivity index (χ2v) is 5.34. The van der Waals surface area contributed by atoms with Crippen LogP contribution in [0.4, 0.5) is 5.82 Å². The van der Waals surface area contributed by atoms with Gasteiger partial charge in [0.05, 0.1) is 6.54 Å². The number of hydrogen-bond acceptors (Lipinski definition) is 3. The van der Waals surface area contributed by atoms with Gasteiger partial charge in [-0.2, -0.15) is 5.10 Å². The van der Waals surface area contributed by atoms with E-state index in [9.17, 15) is 4.79 Å². The van der Waals surface area contributed by atoms with Crippen LogP contribution < -0.4 is 4.90 Å². The third kappa shape index (κ3) is 2.90. The molecule has 4 heteroatoms. The molecule has 104 valence electrons. The Morgan fingerprint density at radius 2 is 2.10 bits per heavy atom. The normalized spacial score (nSPS) is 19.0. The highest BCUT2D eigenvalue weighted by atomic mass is 16.1. The number of nitrogens with zero attached hydrogens (tertiary/aromatic N) is 3. The summed E-state index contributed by atoms with van der Waals surface area (Å²) < 4.78 is 1.95. The summed E-state index contributed by atoms with van der Waals surface area (Å²) >= 11 is 0. The molecule has 0 bridgehead atoms. The van der Waals surface area contributed by atoms with E-state index in [4.69, 9.17) is 0 Å². The molecule has 20 heavy (non-hydrogen) atoms. The molecule has 3 rings (SSSR count). The van der Waals surface area contributed by atoms with E-state index in [2.05, 4.69) is 22.1 Å². The number of piperidine rings is 1. The van der Waals surface area contributed by atoms with E-state index in [1.807, 2.05) is 35.1 Å². The minimum atomic E-state index is 0.156. The first-order valence-corrected chi connectivity index (χ1v) is 7.13. The Hall–Kier alpha value is -2.10. The standard InChI is InChI=1S/C16H19N3O/c20-13-15-7-4-9-18(11-15)16-8-10-19(17-16)12-14-5-2-1-3-6-14/h1-3,5-6,8,10,13,15H,4,7,9,11-12H2. The summed E-state index contributed by atoms with van der Waals surface area (Å²) in [5.41, 5.74) is 1.24. The van der Waals surface area contributed by atoms with Gasteiger partial charge in [-0.15, -0.1) is 0 Å².